The maximum absolute atomic E-state index is 11.9. The number of hydrogen-bond acceptors (Lipinski definition) is 2. The van der Waals surface area contributed by atoms with Gasteiger partial charge in [-0.2, -0.15) is 0 Å². The van der Waals surface area contributed by atoms with E-state index in [9.17, 15) is 5.53 Å². The van der Waals surface area contributed by atoms with Gasteiger partial charge in [0.15, 0.2) is 0 Å². The molecule has 4 nitrogen and oxygen atoms in total. The van der Waals surface area contributed by atoms with E-state index in [4.69, 9.17) is 10.2 Å². The number of benzene rings is 2. The molecule has 250 valence electrons. The molecule has 2 aromatic rings. The van der Waals surface area contributed by atoms with Crippen LogP contribution in [0.2, 0.25) is 0 Å². The molecule has 0 aliphatic carbocycles. The Hall–Kier alpha value is -1.90. The summed E-state index contributed by atoms with van der Waals surface area (Å²) in [5, 5.41) is 14.0. The molecular formula is C39H62N2O2Pd. The van der Waals surface area contributed by atoms with Gasteiger partial charge in [-0.15, -0.1) is 0 Å². The molecule has 0 saturated heterocycles. The first-order valence-electron chi connectivity index (χ1n) is 17.1. The van der Waals surface area contributed by atoms with Crippen molar-refractivity contribution < 1.29 is 35.3 Å². The van der Waals surface area contributed by atoms with Crippen molar-refractivity contribution in [2.75, 3.05) is 14.2 Å². The summed E-state index contributed by atoms with van der Waals surface area (Å²) >= 11 is 0. The number of hydrogen-bond donors (Lipinski definition) is 2. The maximum atomic E-state index is 11.9. The quantitative estimate of drug-likeness (QED) is 0.0925. The van der Waals surface area contributed by atoms with Crippen molar-refractivity contribution in [2.24, 2.45) is 0 Å². The van der Waals surface area contributed by atoms with Crippen LogP contribution in [0.5, 0.6) is 0 Å². The standard InChI is InChI=1S/C37H54N2.2CH4O.Pd/c1-6-11-16-21-33-28-36(34-24-29(17-12-7-2)22-30(25-34)18-13-8-3)39(38)37(33)35-26-31(19-14-9-4)23-32(27-35)20-15-10-5;2*1-2;/h22-28H,6-21H2,1-5H3;2*2H,1H3;. The van der Waals surface area contributed by atoms with Crippen molar-refractivity contribution in [3.63, 3.8) is 0 Å². The number of unbranched alkanes of at least 4 members (excludes halogenated alkanes) is 6. The summed E-state index contributed by atoms with van der Waals surface area (Å²) in [6.45, 7) is 11.3. The van der Waals surface area contributed by atoms with Gasteiger partial charge in [-0.05, 0) is 111 Å². The average molecular weight is 697 g/mol. The maximum Gasteiger partial charge on any atom is 0.210 e. The molecule has 0 unspecified atom stereocenters. The van der Waals surface area contributed by atoms with Gasteiger partial charge in [-0.1, -0.05) is 85.3 Å². The van der Waals surface area contributed by atoms with Crippen LogP contribution in [0.3, 0.4) is 0 Å². The van der Waals surface area contributed by atoms with Gasteiger partial charge in [-0.3, -0.25) is 0 Å². The zero-order valence-electron chi connectivity index (χ0n) is 29.0. The van der Waals surface area contributed by atoms with E-state index < -0.39 is 0 Å². The van der Waals surface area contributed by atoms with Gasteiger partial charge in [0, 0.05) is 57.4 Å². The fourth-order valence-electron chi connectivity index (χ4n) is 5.73. The van der Waals surface area contributed by atoms with Crippen molar-refractivity contribution in [1.82, 2.24) is 0 Å². The molecule has 0 spiro atoms. The number of nitrogens with zero attached hydrogens (tertiary/aromatic N) is 2. The zero-order valence-corrected chi connectivity index (χ0v) is 30.5. The van der Waals surface area contributed by atoms with Crippen molar-refractivity contribution in [1.29, 1.82) is 0 Å². The summed E-state index contributed by atoms with van der Waals surface area (Å²) in [5.74, 6) is 0. The van der Waals surface area contributed by atoms with Gasteiger partial charge in [0.25, 0.3) is 0 Å². The predicted octanol–water partition coefficient (Wildman–Crippen LogP) is 10.7. The summed E-state index contributed by atoms with van der Waals surface area (Å²) in [6, 6.07) is 14.2. The molecule has 2 N–H and O–H groups in total. The van der Waals surface area contributed by atoms with Gasteiger partial charge in [0.05, 0.1) is 0 Å². The van der Waals surface area contributed by atoms with E-state index in [1.807, 2.05) is 0 Å². The third-order valence-corrected chi connectivity index (χ3v) is 8.06. The van der Waals surface area contributed by atoms with Gasteiger partial charge in [0.1, 0.15) is 0 Å². The second-order valence-electron chi connectivity index (χ2n) is 11.7. The van der Waals surface area contributed by atoms with Crippen molar-refractivity contribution in [3.05, 3.63) is 87.0 Å². The second-order valence-corrected chi connectivity index (χ2v) is 11.7. The Bertz CT molecular complexity index is 1100. The van der Waals surface area contributed by atoms with Crippen LogP contribution < -0.4 is 0 Å². The van der Waals surface area contributed by atoms with Crippen LogP contribution in [-0.2, 0) is 46.1 Å². The Morgan fingerprint density at radius 3 is 1.23 bits per heavy atom. The second kappa shape index (κ2) is 25.3. The minimum absolute atomic E-state index is 0. The molecule has 3 rings (SSSR count). The topological polar surface area (TPSA) is 65.8 Å². The fourth-order valence-corrected chi connectivity index (χ4v) is 5.73. The normalized spacial score (nSPS) is 12.2. The Morgan fingerprint density at radius 1 is 0.500 bits per heavy atom. The molecule has 0 bridgehead atoms. The molecule has 0 saturated carbocycles. The third kappa shape index (κ3) is 13.6. The summed E-state index contributed by atoms with van der Waals surface area (Å²) in [5.41, 5.74) is 23.1. The van der Waals surface area contributed by atoms with E-state index in [-0.39, 0.29) is 20.4 Å². The van der Waals surface area contributed by atoms with Crippen LogP contribution in [0.4, 0.5) is 0 Å². The molecule has 44 heavy (non-hydrogen) atoms. The van der Waals surface area contributed by atoms with Gasteiger partial charge >= 0.3 is 0 Å². The Labute approximate surface area is 284 Å². The van der Waals surface area contributed by atoms with Crippen LogP contribution >= 0.6 is 0 Å². The Kier molecular flexibility index (Phi) is 24.2. The summed E-state index contributed by atoms with van der Waals surface area (Å²) in [7, 11) is 2.00. The Morgan fingerprint density at radius 2 is 0.864 bits per heavy atom. The average Bonchev–Trinajstić information content (AvgIpc) is 3.38. The number of aliphatic hydroxyl groups is 2. The SMILES string of the molecule is CCCCCC1=C(c2cc(CCCC)cc(CCCC)c2)[N+](=[N-])C(c2cc(CCCC)cc(CCCC)c2)=C1.CO.CO.[Pd]. The molecule has 0 amide bonds. The number of rotatable bonds is 18. The monoisotopic (exact) mass is 696 g/mol. The summed E-state index contributed by atoms with van der Waals surface area (Å²) < 4.78 is 1.53. The predicted molar refractivity (Wildman–Crippen MR) is 186 cm³/mol. The Balaban J connectivity index is 0.00000355. The minimum atomic E-state index is 0. The van der Waals surface area contributed by atoms with E-state index in [0.717, 1.165) is 69.7 Å². The first-order chi connectivity index (χ1) is 21.0. The minimum Gasteiger partial charge on any atom is -0.493 e. The largest absolute Gasteiger partial charge is 0.493 e. The molecule has 5 heteroatoms. The van der Waals surface area contributed by atoms with Crippen LogP contribution in [0.15, 0.2) is 48.0 Å². The summed E-state index contributed by atoms with van der Waals surface area (Å²) in [4.78, 5) is 0. The third-order valence-electron chi connectivity index (χ3n) is 8.06. The molecule has 1 heterocycles. The van der Waals surface area contributed by atoms with Crippen LogP contribution in [-0.4, -0.2) is 29.1 Å². The van der Waals surface area contributed by atoms with Gasteiger partial charge < -0.3 is 15.7 Å². The van der Waals surface area contributed by atoms with Crippen molar-refractivity contribution >= 4 is 11.4 Å². The van der Waals surface area contributed by atoms with Crippen LogP contribution in [0, 0.1) is 0 Å². The van der Waals surface area contributed by atoms with E-state index in [0.29, 0.717) is 0 Å². The number of aliphatic hydroxyl groups excluding tert-OH is 2. The van der Waals surface area contributed by atoms with Gasteiger partial charge in [0.2, 0.25) is 11.4 Å². The number of aryl methyl sites for hydroxylation is 4. The molecular weight excluding hydrogens is 635 g/mol. The van der Waals surface area contributed by atoms with E-state index in [1.165, 1.54) is 102 Å². The first-order valence-corrected chi connectivity index (χ1v) is 17.1. The van der Waals surface area contributed by atoms with Gasteiger partial charge in [-0.25, -0.2) is 4.70 Å². The first kappa shape index (κ1) is 42.1. The molecule has 0 fully saturated rings. The van der Waals surface area contributed by atoms with E-state index in [1.54, 1.807) is 0 Å². The number of allylic oxidation sites excluding steroid dienone is 2. The fraction of sp³-hybridized carbons (Fsp3) is 0.590. The van der Waals surface area contributed by atoms with E-state index >= 15 is 0 Å². The molecule has 0 aromatic heterocycles. The molecule has 0 radical (unpaired) electrons. The van der Waals surface area contributed by atoms with Crippen molar-refractivity contribution in [3.8, 4) is 0 Å². The summed E-state index contributed by atoms with van der Waals surface area (Å²) in [6.07, 6.45) is 20.9. The zero-order chi connectivity index (χ0) is 32.0. The smallest absolute Gasteiger partial charge is 0.210 e. The molecule has 0 atom stereocenters. The van der Waals surface area contributed by atoms with Crippen molar-refractivity contribution in [2.45, 2.75) is 137 Å². The van der Waals surface area contributed by atoms with Crippen LogP contribution in [0.25, 0.3) is 16.9 Å². The van der Waals surface area contributed by atoms with E-state index in [2.05, 4.69) is 77.1 Å². The molecule has 1 aliphatic heterocycles. The molecule has 1 aliphatic rings. The van der Waals surface area contributed by atoms with Crippen LogP contribution in [0.1, 0.15) is 145 Å². The molecule has 2 aromatic carbocycles.